The number of carboxylic acids is 1. The van der Waals surface area contributed by atoms with E-state index in [1.165, 1.54) is 28.3 Å². The molecule has 2 aliphatic heterocycles. The summed E-state index contributed by atoms with van der Waals surface area (Å²) in [6.45, 7) is 3.39. The number of pyridine rings is 1. The molecule has 0 aliphatic carbocycles. The van der Waals surface area contributed by atoms with Crippen molar-refractivity contribution in [3.8, 4) is 6.07 Å². The van der Waals surface area contributed by atoms with Crippen LogP contribution in [0, 0.1) is 11.3 Å². The smallest absolute Gasteiger partial charge is 0.433 e. The molecule has 2 aromatic heterocycles. The summed E-state index contributed by atoms with van der Waals surface area (Å²) in [4.78, 5) is 42.0. The topological polar surface area (TPSA) is 145 Å². The third-order valence-electron chi connectivity index (χ3n) is 8.99. The number of aromatic nitrogens is 3. The van der Waals surface area contributed by atoms with E-state index in [0.29, 0.717) is 63.7 Å². The van der Waals surface area contributed by atoms with Gasteiger partial charge < -0.3 is 24.4 Å². The fourth-order valence-electron chi connectivity index (χ4n) is 6.38. The van der Waals surface area contributed by atoms with E-state index in [4.69, 9.17) is 14.6 Å². The Morgan fingerprint density at radius 1 is 1.04 bits per heavy atom. The predicted octanol–water partition coefficient (Wildman–Crippen LogP) is 7.14. The number of morpholine rings is 1. The van der Waals surface area contributed by atoms with E-state index in [-0.39, 0.29) is 54.4 Å². The second kappa shape index (κ2) is 16.7. The highest BCUT2D eigenvalue weighted by Crippen LogP contribution is 2.44. The van der Waals surface area contributed by atoms with Crippen LogP contribution in [-0.2, 0) is 33.2 Å². The zero-order chi connectivity index (χ0) is 38.3. The van der Waals surface area contributed by atoms with Crippen LogP contribution in [0.1, 0.15) is 79.6 Å². The highest BCUT2D eigenvalue weighted by molar-refractivity contribution is 5.90. The normalized spacial score (nSPS) is 17.5. The number of carbonyl (C=O) groups is 2. The number of amides is 1. The van der Waals surface area contributed by atoms with Crippen molar-refractivity contribution >= 4 is 29.4 Å². The molecule has 53 heavy (non-hydrogen) atoms. The van der Waals surface area contributed by atoms with Crippen molar-refractivity contribution < 1.29 is 50.5 Å². The number of unbranched alkanes of at least 4 members (excludes halogenated alkanes) is 2. The van der Waals surface area contributed by atoms with Crippen molar-refractivity contribution in [2.75, 3.05) is 47.6 Å². The number of ether oxygens (including phenoxy) is 2. The number of halogens is 6. The summed E-state index contributed by atoms with van der Waals surface area (Å²) in [6.07, 6.45) is -6.09. The zero-order valence-corrected chi connectivity index (χ0v) is 28.7. The molecule has 284 valence electrons. The van der Waals surface area contributed by atoms with E-state index in [1.807, 2.05) is 4.90 Å². The molecule has 3 aromatic rings. The minimum Gasteiger partial charge on any atom is -0.481 e. The van der Waals surface area contributed by atoms with Gasteiger partial charge in [0.15, 0.2) is 0 Å². The number of hydrogen-bond donors (Lipinski definition) is 1. The minimum atomic E-state index is -4.88. The molecular weight excluding hydrogens is 712 g/mol. The Labute approximate surface area is 301 Å². The summed E-state index contributed by atoms with van der Waals surface area (Å²) in [5, 5.41) is 18.4. The van der Waals surface area contributed by atoms with E-state index in [2.05, 4.69) is 15.0 Å². The predicted molar refractivity (Wildman–Crippen MR) is 178 cm³/mol. The van der Waals surface area contributed by atoms with Gasteiger partial charge in [-0.2, -0.15) is 31.6 Å². The maximum absolute atomic E-state index is 14.1. The Morgan fingerprint density at radius 2 is 1.75 bits per heavy atom. The Balaban J connectivity index is 1.58. The van der Waals surface area contributed by atoms with Gasteiger partial charge in [0.2, 0.25) is 5.95 Å². The van der Waals surface area contributed by atoms with Gasteiger partial charge in [0.25, 0.3) is 0 Å². The molecule has 1 saturated heterocycles. The molecule has 18 heteroatoms. The highest BCUT2D eigenvalue weighted by atomic mass is 19.4. The standard InChI is InChI=1S/C35H37F6N7O5/c1-2-25-17-28(31-27(7-8-29(45-31)35(39,40)41)48(25)33(51)53-11-5-3-4-6-30(49)50)47(21-23-14-22(18-42)15-24(16-23)34(36,37)38)32-43-19-26(20-44-32)46-9-12-52-13-10-46/h7-8,14-16,19-20,25,28H,2-6,9-13,17,21H2,1H3,(H,49,50)/t25-,28-/m1/s1. The summed E-state index contributed by atoms with van der Waals surface area (Å²) in [5.74, 6) is -0.982. The number of carboxylic acid groups (broad SMARTS) is 1. The van der Waals surface area contributed by atoms with E-state index < -0.39 is 47.8 Å². The van der Waals surface area contributed by atoms with Gasteiger partial charge in [-0.05, 0) is 68.0 Å². The molecule has 0 spiro atoms. The quantitative estimate of drug-likeness (QED) is 0.149. The average molecular weight is 750 g/mol. The van der Waals surface area contributed by atoms with Gasteiger partial charge in [-0.3, -0.25) is 9.69 Å². The highest BCUT2D eigenvalue weighted by Gasteiger charge is 2.43. The molecule has 0 saturated carbocycles. The Morgan fingerprint density at radius 3 is 2.38 bits per heavy atom. The summed E-state index contributed by atoms with van der Waals surface area (Å²) < 4.78 is 95.1. The first kappa shape index (κ1) is 39.0. The molecule has 1 fully saturated rings. The molecule has 2 aliphatic rings. The third-order valence-corrected chi connectivity index (χ3v) is 8.99. The number of aliphatic carboxylic acids is 1. The molecule has 1 amide bonds. The average Bonchev–Trinajstić information content (AvgIpc) is 3.13. The number of nitrogens with zero attached hydrogens (tertiary/aromatic N) is 7. The number of benzene rings is 1. The minimum absolute atomic E-state index is 0.00803. The molecular formula is C35H37F6N7O5. The molecule has 2 atom stereocenters. The van der Waals surface area contributed by atoms with E-state index in [0.717, 1.165) is 18.2 Å². The number of fused-ring (bicyclic) bond motifs is 1. The number of alkyl halides is 6. The lowest BCUT2D eigenvalue weighted by molar-refractivity contribution is -0.141. The van der Waals surface area contributed by atoms with Gasteiger partial charge in [0.05, 0.1) is 72.5 Å². The molecule has 0 unspecified atom stereocenters. The van der Waals surface area contributed by atoms with Crippen LogP contribution in [-0.4, -0.2) is 71.1 Å². The second-order valence-corrected chi connectivity index (χ2v) is 12.6. The van der Waals surface area contributed by atoms with Gasteiger partial charge >= 0.3 is 24.4 Å². The van der Waals surface area contributed by atoms with Crippen LogP contribution in [0.5, 0.6) is 0 Å². The SMILES string of the molecule is CC[C@@H]1C[C@@H](N(Cc2cc(C#N)cc(C(F)(F)F)c2)c2ncc(N3CCOCC3)cn2)c2nc(C(F)(F)F)ccc2N1C(=O)OCCCCCC(=O)O. The van der Waals surface area contributed by atoms with E-state index in [1.54, 1.807) is 13.0 Å². The molecule has 4 heterocycles. The van der Waals surface area contributed by atoms with Gasteiger partial charge in [0.1, 0.15) is 5.69 Å². The maximum Gasteiger partial charge on any atom is 0.433 e. The Kier molecular flexibility index (Phi) is 12.3. The van der Waals surface area contributed by atoms with Crippen molar-refractivity contribution in [2.45, 2.75) is 76.4 Å². The third kappa shape index (κ3) is 9.63. The fraction of sp³-hybridized carbons (Fsp3) is 0.486. The van der Waals surface area contributed by atoms with Crippen molar-refractivity contribution in [3.63, 3.8) is 0 Å². The van der Waals surface area contributed by atoms with Gasteiger partial charge in [0, 0.05) is 32.1 Å². The first-order chi connectivity index (χ1) is 25.2. The lowest BCUT2D eigenvalue weighted by Crippen LogP contribution is -2.48. The number of carbonyl (C=O) groups excluding carboxylic acids is 1. The monoisotopic (exact) mass is 749 g/mol. The van der Waals surface area contributed by atoms with Crippen LogP contribution in [0.4, 0.5) is 48.5 Å². The summed E-state index contributed by atoms with van der Waals surface area (Å²) in [7, 11) is 0. The lowest BCUT2D eigenvalue weighted by Gasteiger charge is -2.43. The number of anilines is 3. The van der Waals surface area contributed by atoms with Gasteiger partial charge in [-0.1, -0.05) is 6.92 Å². The molecule has 0 bridgehead atoms. The molecule has 0 radical (unpaired) electrons. The van der Waals surface area contributed by atoms with Crippen LogP contribution < -0.4 is 14.7 Å². The van der Waals surface area contributed by atoms with Crippen molar-refractivity contribution in [3.05, 3.63) is 70.8 Å². The van der Waals surface area contributed by atoms with Crippen LogP contribution in [0.3, 0.4) is 0 Å². The maximum atomic E-state index is 14.1. The largest absolute Gasteiger partial charge is 0.481 e. The zero-order valence-electron chi connectivity index (χ0n) is 28.7. The Hall–Kier alpha value is -5.18. The summed E-state index contributed by atoms with van der Waals surface area (Å²) >= 11 is 0. The van der Waals surface area contributed by atoms with Crippen molar-refractivity contribution in [1.29, 1.82) is 5.26 Å². The van der Waals surface area contributed by atoms with Crippen molar-refractivity contribution in [1.82, 2.24) is 15.0 Å². The first-order valence-electron chi connectivity index (χ1n) is 17.0. The molecule has 5 rings (SSSR count). The second-order valence-electron chi connectivity index (χ2n) is 12.6. The lowest BCUT2D eigenvalue weighted by atomic mass is 9.91. The summed E-state index contributed by atoms with van der Waals surface area (Å²) in [5.41, 5.74) is -2.15. The van der Waals surface area contributed by atoms with E-state index in [9.17, 15) is 41.2 Å². The number of rotatable bonds is 12. The van der Waals surface area contributed by atoms with Crippen LogP contribution in [0.25, 0.3) is 0 Å². The van der Waals surface area contributed by atoms with Crippen LogP contribution in [0.2, 0.25) is 0 Å². The van der Waals surface area contributed by atoms with Crippen molar-refractivity contribution in [2.24, 2.45) is 0 Å². The molecule has 1 N–H and O–H groups in total. The Bertz CT molecular complexity index is 1800. The van der Waals surface area contributed by atoms with Gasteiger partial charge in [-0.25, -0.2) is 19.7 Å². The molecule has 1 aromatic carbocycles. The fourth-order valence-corrected chi connectivity index (χ4v) is 6.38. The van der Waals surface area contributed by atoms with Crippen LogP contribution >= 0.6 is 0 Å². The molecule has 12 nitrogen and oxygen atoms in total. The van der Waals surface area contributed by atoms with Gasteiger partial charge in [-0.15, -0.1) is 0 Å². The first-order valence-corrected chi connectivity index (χ1v) is 17.0. The number of hydrogen-bond acceptors (Lipinski definition) is 10. The van der Waals surface area contributed by atoms with E-state index >= 15 is 0 Å². The number of nitriles is 1. The van der Waals surface area contributed by atoms with Crippen LogP contribution in [0.15, 0.2) is 42.7 Å². The summed E-state index contributed by atoms with van der Waals surface area (Å²) in [6, 6.07) is 4.65.